The number of nitrogens with zero attached hydrogens (tertiary/aromatic N) is 2. The van der Waals surface area contributed by atoms with Gasteiger partial charge in [0.05, 0.1) is 0 Å². The van der Waals surface area contributed by atoms with Gasteiger partial charge in [0, 0.05) is 18.2 Å². The zero-order valence-corrected chi connectivity index (χ0v) is 17.6. The van der Waals surface area contributed by atoms with Gasteiger partial charge >= 0.3 is 12.0 Å². The van der Waals surface area contributed by atoms with Gasteiger partial charge in [-0.15, -0.1) is 0 Å². The number of rotatable bonds is 5. The van der Waals surface area contributed by atoms with Crippen molar-refractivity contribution in [3.63, 3.8) is 0 Å². The molecule has 1 aromatic rings. The van der Waals surface area contributed by atoms with E-state index in [1.165, 1.54) is 16.0 Å². The van der Waals surface area contributed by atoms with Gasteiger partial charge in [-0.3, -0.25) is 19.4 Å². The molecule has 1 atom stereocenters. The predicted octanol–water partition coefficient (Wildman–Crippen LogP) is 2.96. The summed E-state index contributed by atoms with van der Waals surface area (Å²) in [6, 6.07) is 5.35. The third kappa shape index (κ3) is 4.08. The Morgan fingerprint density at radius 3 is 2.47 bits per heavy atom. The van der Waals surface area contributed by atoms with Crippen LogP contribution in [-0.4, -0.2) is 53.1 Å². The maximum absolute atomic E-state index is 13.3. The van der Waals surface area contributed by atoms with E-state index in [0.29, 0.717) is 12.3 Å². The van der Waals surface area contributed by atoms with Crippen molar-refractivity contribution in [1.82, 2.24) is 10.2 Å². The van der Waals surface area contributed by atoms with Crippen molar-refractivity contribution >= 4 is 23.6 Å². The van der Waals surface area contributed by atoms with Crippen LogP contribution in [0.1, 0.15) is 56.6 Å². The van der Waals surface area contributed by atoms with Crippen LogP contribution in [0.2, 0.25) is 0 Å². The molecule has 0 aromatic heterocycles. The Morgan fingerprint density at radius 2 is 1.77 bits per heavy atom. The second-order valence-corrected chi connectivity index (χ2v) is 8.85. The van der Waals surface area contributed by atoms with E-state index in [1.807, 2.05) is 13.0 Å². The van der Waals surface area contributed by atoms with Gasteiger partial charge in [-0.2, -0.15) is 0 Å². The summed E-state index contributed by atoms with van der Waals surface area (Å²) in [7, 11) is 0. The standard InChI is InChI=1S/C23H31N3O4/c1-15-22(29)26(19-6-2-16(3-7-19)4-9-21(27)28)23(30)25(15)20-8-5-17-10-12-24-13-11-18(17)14-20/h5,8,14-16,19,24H,2-4,6-7,9-13H2,1H3,(H,27,28). The molecule has 1 aliphatic carbocycles. The number of hydrogen-bond acceptors (Lipinski definition) is 4. The lowest BCUT2D eigenvalue weighted by atomic mass is 9.83. The molecule has 0 spiro atoms. The molecule has 30 heavy (non-hydrogen) atoms. The number of nitrogens with one attached hydrogen (secondary N) is 1. The zero-order valence-electron chi connectivity index (χ0n) is 17.6. The van der Waals surface area contributed by atoms with Crippen molar-refractivity contribution < 1.29 is 19.5 Å². The van der Waals surface area contributed by atoms with Gasteiger partial charge in [0.2, 0.25) is 0 Å². The fourth-order valence-corrected chi connectivity index (χ4v) is 5.19. The molecule has 1 saturated carbocycles. The van der Waals surface area contributed by atoms with Crippen molar-refractivity contribution in [2.24, 2.45) is 5.92 Å². The molecule has 2 N–H and O–H groups in total. The van der Waals surface area contributed by atoms with Crippen molar-refractivity contribution in [1.29, 1.82) is 0 Å². The van der Waals surface area contributed by atoms with Crippen LogP contribution in [0.3, 0.4) is 0 Å². The Kier molecular flexibility index (Phi) is 6.09. The summed E-state index contributed by atoms with van der Waals surface area (Å²) in [6.45, 7) is 3.70. The lowest BCUT2D eigenvalue weighted by Gasteiger charge is -2.33. The first-order valence-electron chi connectivity index (χ1n) is 11.2. The number of benzene rings is 1. The summed E-state index contributed by atoms with van der Waals surface area (Å²) in [5.74, 6) is -0.509. The average Bonchev–Trinajstić information content (AvgIpc) is 2.89. The molecule has 4 rings (SSSR count). The quantitative estimate of drug-likeness (QED) is 0.725. The minimum Gasteiger partial charge on any atom is -0.481 e. The van der Waals surface area contributed by atoms with E-state index in [0.717, 1.165) is 57.3 Å². The first-order chi connectivity index (χ1) is 14.5. The van der Waals surface area contributed by atoms with Crippen LogP contribution >= 0.6 is 0 Å². The Hall–Kier alpha value is -2.41. The van der Waals surface area contributed by atoms with E-state index in [4.69, 9.17) is 5.11 Å². The summed E-state index contributed by atoms with van der Waals surface area (Å²) in [5.41, 5.74) is 3.37. The zero-order chi connectivity index (χ0) is 21.3. The largest absolute Gasteiger partial charge is 0.481 e. The fourth-order valence-electron chi connectivity index (χ4n) is 5.19. The third-order valence-electron chi connectivity index (χ3n) is 6.95. The molecule has 0 radical (unpaired) electrons. The third-order valence-corrected chi connectivity index (χ3v) is 6.95. The van der Waals surface area contributed by atoms with Gasteiger partial charge in [-0.05, 0) is 94.1 Å². The highest BCUT2D eigenvalue weighted by Gasteiger charge is 2.47. The molecule has 2 fully saturated rings. The molecule has 3 amide bonds. The van der Waals surface area contributed by atoms with E-state index >= 15 is 0 Å². The second kappa shape index (κ2) is 8.76. The first-order valence-corrected chi connectivity index (χ1v) is 11.2. The molecule has 7 heteroatoms. The number of carboxylic acid groups (broad SMARTS) is 1. The van der Waals surface area contributed by atoms with Gasteiger partial charge in [-0.25, -0.2) is 4.79 Å². The lowest BCUT2D eigenvalue weighted by molar-refractivity contribution is -0.137. The van der Waals surface area contributed by atoms with Gasteiger partial charge in [0.15, 0.2) is 0 Å². The summed E-state index contributed by atoms with van der Waals surface area (Å²) in [5, 5.41) is 12.3. The highest BCUT2D eigenvalue weighted by molar-refractivity contribution is 6.14. The van der Waals surface area contributed by atoms with Crippen LogP contribution in [0, 0.1) is 5.92 Å². The van der Waals surface area contributed by atoms with Gasteiger partial charge in [0.1, 0.15) is 6.04 Å². The number of amides is 3. The minimum atomic E-state index is -0.761. The highest BCUT2D eigenvalue weighted by Crippen LogP contribution is 2.35. The van der Waals surface area contributed by atoms with Crippen LogP contribution in [0.4, 0.5) is 10.5 Å². The monoisotopic (exact) mass is 413 g/mol. The Balaban J connectivity index is 1.47. The number of carbonyl (C=O) groups is 3. The summed E-state index contributed by atoms with van der Waals surface area (Å²) < 4.78 is 0. The van der Waals surface area contributed by atoms with E-state index in [1.54, 1.807) is 4.90 Å². The summed E-state index contributed by atoms with van der Waals surface area (Å²) >= 11 is 0. The maximum Gasteiger partial charge on any atom is 0.332 e. The Bertz CT molecular complexity index is 832. The second-order valence-electron chi connectivity index (χ2n) is 8.85. The molecule has 3 aliphatic rings. The van der Waals surface area contributed by atoms with Crippen LogP contribution in [0.5, 0.6) is 0 Å². The van der Waals surface area contributed by atoms with Gasteiger partial charge in [-0.1, -0.05) is 6.07 Å². The number of imide groups is 1. The van der Waals surface area contributed by atoms with Crippen LogP contribution in [0.25, 0.3) is 0 Å². The maximum atomic E-state index is 13.3. The number of carboxylic acids is 1. The lowest BCUT2D eigenvalue weighted by Crippen LogP contribution is -2.43. The first kappa shape index (κ1) is 20.8. The topological polar surface area (TPSA) is 90.0 Å². The van der Waals surface area contributed by atoms with E-state index < -0.39 is 12.0 Å². The molecule has 1 unspecified atom stereocenters. The Labute approximate surface area is 177 Å². The highest BCUT2D eigenvalue weighted by atomic mass is 16.4. The number of aliphatic carboxylic acids is 1. The van der Waals surface area contributed by atoms with Gasteiger partial charge in [0.25, 0.3) is 5.91 Å². The predicted molar refractivity (Wildman–Crippen MR) is 114 cm³/mol. The average molecular weight is 414 g/mol. The molecular formula is C23H31N3O4. The van der Waals surface area contributed by atoms with Gasteiger partial charge < -0.3 is 10.4 Å². The summed E-state index contributed by atoms with van der Waals surface area (Å²) in [4.78, 5) is 40.3. The number of anilines is 1. The van der Waals surface area contributed by atoms with E-state index in [2.05, 4.69) is 17.4 Å². The minimum absolute atomic E-state index is 0.0800. The number of fused-ring (bicyclic) bond motifs is 1. The Morgan fingerprint density at radius 1 is 1.07 bits per heavy atom. The molecule has 2 aliphatic heterocycles. The molecule has 1 aromatic carbocycles. The van der Waals surface area contributed by atoms with Crippen LogP contribution < -0.4 is 10.2 Å². The fraction of sp³-hybridized carbons (Fsp3) is 0.609. The molecule has 7 nitrogen and oxygen atoms in total. The SMILES string of the molecule is CC1C(=O)N(C2CCC(CCC(=O)O)CC2)C(=O)N1c1ccc2c(c1)CCNCC2. The molecular weight excluding hydrogens is 382 g/mol. The van der Waals surface area contributed by atoms with Crippen molar-refractivity contribution in [3.05, 3.63) is 29.3 Å². The number of hydrogen-bond donors (Lipinski definition) is 2. The summed E-state index contributed by atoms with van der Waals surface area (Å²) in [6.07, 6.45) is 6.04. The van der Waals surface area contributed by atoms with Crippen molar-refractivity contribution in [2.45, 2.75) is 70.4 Å². The van der Waals surface area contributed by atoms with Crippen LogP contribution in [-0.2, 0) is 22.4 Å². The van der Waals surface area contributed by atoms with E-state index in [9.17, 15) is 14.4 Å². The molecule has 162 valence electrons. The molecule has 0 bridgehead atoms. The van der Waals surface area contributed by atoms with Crippen LogP contribution in [0.15, 0.2) is 18.2 Å². The smallest absolute Gasteiger partial charge is 0.332 e. The van der Waals surface area contributed by atoms with Crippen molar-refractivity contribution in [2.75, 3.05) is 18.0 Å². The molecule has 1 saturated heterocycles. The van der Waals surface area contributed by atoms with Crippen molar-refractivity contribution in [3.8, 4) is 0 Å². The molecule has 2 heterocycles. The van der Waals surface area contributed by atoms with E-state index in [-0.39, 0.29) is 24.4 Å². The number of carbonyl (C=O) groups excluding carboxylic acids is 2. The number of urea groups is 1. The normalized spacial score (nSPS) is 27.2.